The summed E-state index contributed by atoms with van der Waals surface area (Å²) in [6.07, 6.45) is 5.85. The summed E-state index contributed by atoms with van der Waals surface area (Å²) in [7, 11) is 1.52. The number of halogens is 2. The summed E-state index contributed by atoms with van der Waals surface area (Å²) in [4.78, 5) is 20.4. The lowest BCUT2D eigenvalue weighted by Gasteiger charge is -2.44. The Labute approximate surface area is 216 Å². The van der Waals surface area contributed by atoms with Crippen molar-refractivity contribution < 1.29 is 13.9 Å². The summed E-state index contributed by atoms with van der Waals surface area (Å²) < 4.78 is 29.6. The summed E-state index contributed by atoms with van der Waals surface area (Å²) in [6, 6.07) is 7.29. The molecule has 0 aliphatic carbocycles. The quantitative estimate of drug-likeness (QED) is 0.345. The predicted molar refractivity (Wildman–Crippen MR) is 137 cm³/mol. The van der Waals surface area contributed by atoms with E-state index in [-0.39, 0.29) is 24.5 Å². The van der Waals surface area contributed by atoms with E-state index in [1.807, 2.05) is 23.6 Å². The van der Waals surface area contributed by atoms with Gasteiger partial charge in [0.05, 0.1) is 19.3 Å². The highest BCUT2D eigenvalue weighted by Gasteiger charge is 2.35. The standard InChI is InChI=1S/C26H26BrFN6O2/c1-15-23-25(32-26(30-15)35-2)34(24(31-23)18-9-19(27)12-29-11-18)13-17-3-4-20(10-21(17)28)36-22-14-33-7-5-16(22)6-8-33/h3-4,9-12,16,22H,5-8,13-14H2,1-2H3/t22-/m1/s1. The summed E-state index contributed by atoms with van der Waals surface area (Å²) >= 11 is 3.48. The Bertz CT molecular complexity index is 1440. The molecule has 3 aromatic heterocycles. The number of benzene rings is 1. The van der Waals surface area contributed by atoms with Crippen LogP contribution in [0.1, 0.15) is 24.1 Å². The Morgan fingerprint density at radius 2 is 1.94 bits per heavy atom. The molecular weight excluding hydrogens is 527 g/mol. The second kappa shape index (κ2) is 9.40. The van der Waals surface area contributed by atoms with Crippen LogP contribution in [-0.2, 0) is 6.54 Å². The van der Waals surface area contributed by atoms with Gasteiger partial charge in [0.25, 0.3) is 0 Å². The molecule has 0 amide bonds. The number of rotatable bonds is 6. The largest absolute Gasteiger partial charge is 0.489 e. The maximum atomic E-state index is 15.4. The van der Waals surface area contributed by atoms with Crippen LogP contribution in [0.25, 0.3) is 22.6 Å². The van der Waals surface area contributed by atoms with Crippen LogP contribution >= 0.6 is 15.9 Å². The van der Waals surface area contributed by atoms with Crippen molar-refractivity contribution >= 4 is 27.1 Å². The molecule has 1 aromatic carbocycles. The van der Waals surface area contributed by atoms with Gasteiger partial charge in [-0.1, -0.05) is 6.07 Å². The third-order valence-corrected chi connectivity index (χ3v) is 7.56. The Hall–Kier alpha value is -3.11. The monoisotopic (exact) mass is 552 g/mol. The number of aromatic nitrogens is 5. The van der Waals surface area contributed by atoms with Gasteiger partial charge < -0.3 is 14.0 Å². The minimum atomic E-state index is -0.327. The molecule has 0 saturated carbocycles. The minimum absolute atomic E-state index is 0.123. The fourth-order valence-electron chi connectivity index (χ4n) is 5.23. The smallest absolute Gasteiger partial charge is 0.318 e. The molecule has 3 aliphatic heterocycles. The molecule has 3 aliphatic rings. The first-order valence-electron chi connectivity index (χ1n) is 12.1. The van der Waals surface area contributed by atoms with Crippen LogP contribution < -0.4 is 9.47 Å². The van der Waals surface area contributed by atoms with E-state index in [1.165, 1.54) is 13.2 Å². The molecule has 36 heavy (non-hydrogen) atoms. The van der Waals surface area contributed by atoms with Crippen LogP contribution in [-0.4, -0.2) is 62.3 Å². The highest BCUT2D eigenvalue weighted by molar-refractivity contribution is 9.10. The molecule has 3 saturated heterocycles. The van der Waals surface area contributed by atoms with Gasteiger partial charge in [0.2, 0.25) is 0 Å². The lowest BCUT2D eigenvalue weighted by molar-refractivity contribution is -0.00789. The van der Waals surface area contributed by atoms with Gasteiger partial charge in [0, 0.05) is 40.6 Å². The van der Waals surface area contributed by atoms with Crippen molar-refractivity contribution in [3.8, 4) is 23.1 Å². The Balaban J connectivity index is 1.36. The highest BCUT2D eigenvalue weighted by atomic mass is 79.9. The van der Waals surface area contributed by atoms with Crippen molar-refractivity contribution in [3.05, 3.63) is 58.2 Å². The maximum Gasteiger partial charge on any atom is 0.318 e. The van der Waals surface area contributed by atoms with E-state index >= 15 is 4.39 Å². The first kappa shape index (κ1) is 23.3. The molecule has 1 atom stereocenters. The summed E-state index contributed by atoms with van der Waals surface area (Å²) in [6.45, 7) is 5.28. The molecule has 7 rings (SSSR count). The Morgan fingerprint density at radius 1 is 1.11 bits per heavy atom. The van der Waals surface area contributed by atoms with Crippen LogP contribution in [0.5, 0.6) is 11.8 Å². The topological polar surface area (TPSA) is 78.2 Å². The van der Waals surface area contributed by atoms with Crippen molar-refractivity contribution in [2.75, 3.05) is 26.7 Å². The second-order valence-corrected chi connectivity index (χ2v) is 10.3. The lowest BCUT2D eigenvalue weighted by atomic mass is 9.86. The fraction of sp³-hybridized carbons (Fsp3) is 0.385. The Kier molecular flexibility index (Phi) is 6.08. The van der Waals surface area contributed by atoms with Gasteiger partial charge in [-0.05, 0) is 66.8 Å². The number of methoxy groups -OCH3 is 1. The highest BCUT2D eigenvalue weighted by Crippen LogP contribution is 2.32. The van der Waals surface area contributed by atoms with Crippen LogP contribution in [0.2, 0.25) is 0 Å². The van der Waals surface area contributed by atoms with E-state index < -0.39 is 0 Å². The number of nitrogens with zero attached hydrogens (tertiary/aromatic N) is 6. The molecule has 0 unspecified atom stereocenters. The number of ether oxygens (including phenoxy) is 2. The zero-order valence-electron chi connectivity index (χ0n) is 20.1. The number of fused-ring (bicyclic) bond motifs is 4. The third kappa shape index (κ3) is 4.32. The molecule has 2 bridgehead atoms. The van der Waals surface area contributed by atoms with Crippen LogP contribution in [0.4, 0.5) is 4.39 Å². The van der Waals surface area contributed by atoms with Gasteiger partial charge in [0.15, 0.2) is 5.65 Å². The SMILES string of the molecule is COc1nc(C)c2nc(-c3cncc(Br)c3)n(Cc3ccc(O[C@@H]4CN5CCC4CC5)cc3F)c2n1. The van der Waals surface area contributed by atoms with E-state index in [0.29, 0.717) is 39.9 Å². The van der Waals surface area contributed by atoms with E-state index in [1.54, 1.807) is 18.5 Å². The minimum Gasteiger partial charge on any atom is -0.489 e. The Morgan fingerprint density at radius 3 is 2.64 bits per heavy atom. The molecule has 0 spiro atoms. The summed E-state index contributed by atoms with van der Waals surface area (Å²) in [5, 5.41) is 0. The first-order chi connectivity index (χ1) is 17.5. The van der Waals surface area contributed by atoms with Crippen LogP contribution in [0, 0.1) is 18.7 Å². The number of hydrogen-bond donors (Lipinski definition) is 0. The van der Waals surface area contributed by atoms with E-state index in [4.69, 9.17) is 14.5 Å². The average molecular weight is 553 g/mol. The van der Waals surface area contributed by atoms with Crippen molar-refractivity contribution in [3.63, 3.8) is 0 Å². The van der Waals surface area contributed by atoms with Crippen molar-refractivity contribution in [1.82, 2.24) is 29.4 Å². The van der Waals surface area contributed by atoms with E-state index in [2.05, 4.69) is 35.8 Å². The molecule has 8 nitrogen and oxygen atoms in total. The average Bonchev–Trinajstić information content (AvgIpc) is 3.25. The maximum absolute atomic E-state index is 15.4. The second-order valence-electron chi connectivity index (χ2n) is 9.43. The van der Waals surface area contributed by atoms with Crippen molar-refractivity contribution in [1.29, 1.82) is 0 Å². The predicted octanol–water partition coefficient (Wildman–Crippen LogP) is 4.63. The molecule has 3 fully saturated rings. The number of piperidine rings is 3. The van der Waals surface area contributed by atoms with E-state index in [0.717, 1.165) is 42.5 Å². The molecule has 186 valence electrons. The van der Waals surface area contributed by atoms with E-state index in [9.17, 15) is 0 Å². The van der Waals surface area contributed by atoms with Gasteiger partial charge in [-0.15, -0.1) is 0 Å². The lowest BCUT2D eigenvalue weighted by Crippen LogP contribution is -2.52. The number of hydrogen-bond acceptors (Lipinski definition) is 7. The van der Waals surface area contributed by atoms with Gasteiger partial charge in [-0.2, -0.15) is 9.97 Å². The molecule has 10 heteroatoms. The number of imidazole rings is 1. The molecule has 0 N–H and O–H groups in total. The normalized spacial score (nSPS) is 21.2. The first-order valence-corrected chi connectivity index (χ1v) is 12.8. The van der Waals surface area contributed by atoms with Gasteiger partial charge in [-0.25, -0.2) is 9.37 Å². The number of aryl methyl sites for hydroxylation is 1. The third-order valence-electron chi connectivity index (χ3n) is 7.13. The zero-order chi connectivity index (χ0) is 24.8. The van der Waals surface area contributed by atoms with Crippen molar-refractivity contribution in [2.45, 2.75) is 32.4 Å². The molecule has 0 radical (unpaired) electrons. The molecule has 4 aromatic rings. The molecular formula is C26H26BrFN6O2. The zero-order valence-corrected chi connectivity index (χ0v) is 21.7. The van der Waals surface area contributed by atoms with Gasteiger partial charge >= 0.3 is 6.01 Å². The van der Waals surface area contributed by atoms with Gasteiger partial charge in [-0.3, -0.25) is 9.88 Å². The summed E-state index contributed by atoms with van der Waals surface area (Å²) in [5.41, 5.74) is 3.18. The van der Waals surface area contributed by atoms with Crippen LogP contribution in [0.3, 0.4) is 0 Å². The van der Waals surface area contributed by atoms with Crippen LogP contribution in [0.15, 0.2) is 41.1 Å². The van der Waals surface area contributed by atoms with Crippen molar-refractivity contribution in [2.24, 2.45) is 5.92 Å². The summed E-state index contributed by atoms with van der Waals surface area (Å²) in [5.74, 6) is 1.42. The van der Waals surface area contributed by atoms with Gasteiger partial charge in [0.1, 0.15) is 29.0 Å². The molecule has 6 heterocycles. The fourth-order valence-corrected chi connectivity index (χ4v) is 5.59. The number of pyridine rings is 1.